The Morgan fingerprint density at radius 3 is 2.76 bits per heavy atom. The standard InChI is InChI=1S/C9H15N5O2S/c10-7-3-8(14-9(11)13-7)12-4-6-1-2-17(15,16)5-6/h3,6H,1-2,4-5H2,(H5,10,11,12,13,14). The van der Waals surface area contributed by atoms with Gasteiger partial charge in [0.15, 0.2) is 9.84 Å². The molecule has 5 N–H and O–H groups in total. The fourth-order valence-electron chi connectivity index (χ4n) is 1.86. The van der Waals surface area contributed by atoms with Gasteiger partial charge in [-0.2, -0.15) is 9.97 Å². The van der Waals surface area contributed by atoms with Crippen molar-refractivity contribution in [1.29, 1.82) is 0 Å². The molecule has 8 heteroatoms. The molecule has 0 spiro atoms. The quantitative estimate of drug-likeness (QED) is 0.666. The van der Waals surface area contributed by atoms with Gasteiger partial charge in [-0.1, -0.05) is 0 Å². The highest BCUT2D eigenvalue weighted by Crippen LogP contribution is 2.19. The number of hydrogen-bond donors (Lipinski definition) is 3. The van der Waals surface area contributed by atoms with E-state index in [4.69, 9.17) is 11.5 Å². The van der Waals surface area contributed by atoms with Crippen molar-refractivity contribution in [1.82, 2.24) is 9.97 Å². The highest BCUT2D eigenvalue weighted by molar-refractivity contribution is 7.91. The van der Waals surface area contributed by atoms with Crippen molar-refractivity contribution >= 4 is 27.4 Å². The maximum absolute atomic E-state index is 11.3. The van der Waals surface area contributed by atoms with E-state index in [1.807, 2.05) is 0 Å². The fourth-order valence-corrected chi connectivity index (χ4v) is 3.72. The summed E-state index contributed by atoms with van der Waals surface area (Å²) in [6.07, 6.45) is 0.686. The second kappa shape index (κ2) is 4.36. The van der Waals surface area contributed by atoms with E-state index in [2.05, 4.69) is 15.3 Å². The van der Waals surface area contributed by atoms with E-state index >= 15 is 0 Å². The molecule has 1 saturated heterocycles. The van der Waals surface area contributed by atoms with Crippen molar-refractivity contribution < 1.29 is 8.42 Å². The van der Waals surface area contributed by atoms with Gasteiger partial charge in [-0.05, 0) is 12.3 Å². The third-order valence-corrected chi connectivity index (χ3v) is 4.50. The van der Waals surface area contributed by atoms with Crippen LogP contribution in [0.4, 0.5) is 17.6 Å². The molecule has 0 aliphatic carbocycles. The van der Waals surface area contributed by atoms with Gasteiger partial charge in [0.2, 0.25) is 5.95 Å². The smallest absolute Gasteiger partial charge is 0.223 e. The zero-order valence-electron chi connectivity index (χ0n) is 9.26. The van der Waals surface area contributed by atoms with Crippen LogP contribution in [0.1, 0.15) is 6.42 Å². The van der Waals surface area contributed by atoms with Crippen LogP contribution in [0, 0.1) is 5.92 Å². The first-order chi connectivity index (χ1) is 7.94. The Bertz CT molecular complexity index is 496. The third-order valence-electron chi connectivity index (χ3n) is 2.66. The molecule has 0 saturated carbocycles. The van der Waals surface area contributed by atoms with Crippen LogP contribution in [0.25, 0.3) is 0 Å². The monoisotopic (exact) mass is 257 g/mol. The Balaban J connectivity index is 1.94. The number of nitrogen functional groups attached to an aromatic ring is 2. The molecule has 7 nitrogen and oxygen atoms in total. The molecule has 1 atom stereocenters. The van der Waals surface area contributed by atoms with Gasteiger partial charge in [0.1, 0.15) is 11.6 Å². The van der Waals surface area contributed by atoms with Crippen molar-refractivity contribution in [3.8, 4) is 0 Å². The molecule has 94 valence electrons. The molecule has 1 aromatic heterocycles. The lowest BCUT2D eigenvalue weighted by atomic mass is 10.1. The summed E-state index contributed by atoms with van der Waals surface area (Å²) >= 11 is 0. The summed E-state index contributed by atoms with van der Waals surface area (Å²) in [7, 11) is -2.84. The normalized spacial score (nSPS) is 22.5. The Morgan fingerprint density at radius 2 is 2.18 bits per heavy atom. The van der Waals surface area contributed by atoms with Gasteiger partial charge in [0, 0.05) is 12.6 Å². The molecule has 0 radical (unpaired) electrons. The van der Waals surface area contributed by atoms with E-state index in [-0.39, 0.29) is 23.4 Å². The Labute approximate surface area is 99.5 Å². The summed E-state index contributed by atoms with van der Waals surface area (Å²) < 4.78 is 22.5. The number of aromatic nitrogens is 2. The first-order valence-electron chi connectivity index (χ1n) is 5.29. The molecule has 0 bridgehead atoms. The minimum absolute atomic E-state index is 0.103. The van der Waals surface area contributed by atoms with Crippen LogP contribution in [0.2, 0.25) is 0 Å². The van der Waals surface area contributed by atoms with Gasteiger partial charge < -0.3 is 16.8 Å². The van der Waals surface area contributed by atoms with Crippen LogP contribution in [0.15, 0.2) is 6.07 Å². The average molecular weight is 257 g/mol. The van der Waals surface area contributed by atoms with Crippen LogP contribution < -0.4 is 16.8 Å². The van der Waals surface area contributed by atoms with Crippen molar-refractivity contribution in [3.63, 3.8) is 0 Å². The first kappa shape index (κ1) is 11.9. The molecule has 1 aromatic rings. The van der Waals surface area contributed by atoms with E-state index < -0.39 is 9.84 Å². The maximum Gasteiger partial charge on any atom is 0.223 e. The number of anilines is 3. The van der Waals surface area contributed by atoms with Crippen molar-refractivity contribution in [2.24, 2.45) is 5.92 Å². The van der Waals surface area contributed by atoms with Crippen LogP contribution in [-0.4, -0.2) is 36.4 Å². The molecule has 1 aliphatic rings. The van der Waals surface area contributed by atoms with Gasteiger partial charge >= 0.3 is 0 Å². The zero-order valence-corrected chi connectivity index (χ0v) is 10.1. The number of nitrogens with two attached hydrogens (primary N) is 2. The number of nitrogens with one attached hydrogen (secondary N) is 1. The Kier molecular flexibility index (Phi) is 3.05. The summed E-state index contributed by atoms with van der Waals surface area (Å²) in [5.74, 6) is 1.55. The minimum atomic E-state index is -2.84. The molecule has 2 heterocycles. The topological polar surface area (TPSA) is 124 Å². The number of nitrogens with zero attached hydrogens (tertiary/aromatic N) is 2. The Morgan fingerprint density at radius 1 is 1.41 bits per heavy atom. The maximum atomic E-state index is 11.3. The summed E-state index contributed by atoms with van der Waals surface area (Å²) in [5, 5.41) is 3.03. The highest BCUT2D eigenvalue weighted by Gasteiger charge is 2.27. The number of sulfone groups is 1. The van der Waals surface area contributed by atoms with Crippen LogP contribution in [0.3, 0.4) is 0 Å². The molecular formula is C9H15N5O2S. The summed E-state index contributed by atoms with van der Waals surface area (Å²) in [6.45, 7) is 0.551. The van der Waals surface area contributed by atoms with Gasteiger partial charge in [-0.25, -0.2) is 8.42 Å². The summed E-state index contributed by atoms with van der Waals surface area (Å²) in [5.41, 5.74) is 11.0. The van der Waals surface area contributed by atoms with Crippen molar-refractivity contribution in [2.45, 2.75) is 6.42 Å². The van der Waals surface area contributed by atoms with Gasteiger partial charge in [-0.3, -0.25) is 0 Å². The van der Waals surface area contributed by atoms with Crippen molar-refractivity contribution in [2.75, 3.05) is 34.8 Å². The predicted octanol–water partition coefficient (Wildman–Crippen LogP) is -0.512. The molecule has 0 amide bonds. The van der Waals surface area contributed by atoms with Crippen LogP contribution >= 0.6 is 0 Å². The van der Waals surface area contributed by atoms with Crippen molar-refractivity contribution in [3.05, 3.63) is 6.07 Å². The lowest BCUT2D eigenvalue weighted by Gasteiger charge is -2.10. The molecule has 1 aliphatic heterocycles. The molecule has 2 rings (SSSR count). The Hall–Kier alpha value is -1.57. The number of rotatable bonds is 3. The van der Waals surface area contributed by atoms with E-state index in [1.54, 1.807) is 6.07 Å². The molecular weight excluding hydrogens is 242 g/mol. The molecule has 1 unspecified atom stereocenters. The largest absolute Gasteiger partial charge is 0.383 e. The van der Waals surface area contributed by atoms with Gasteiger partial charge in [0.05, 0.1) is 11.5 Å². The first-order valence-corrected chi connectivity index (χ1v) is 7.11. The van der Waals surface area contributed by atoms with Crippen LogP contribution in [0.5, 0.6) is 0 Å². The summed E-state index contributed by atoms with van der Waals surface area (Å²) in [4.78, 5) is 7.70. The third kappa shape index (κ3) is 3.19. The second-order valence-corrected chi connectivity index (χ2v) is 6.41. The average Bonchev–Trinajstić information content (AvgIpc) is 2.54. The second-order valence-electron chi connectivity index (χ2n) is 4.19. The zero-order chi connectivity index (χ0) is 12.5. The number of hydrogen-bond acceptors (Lipinski definition) is 7. The van der Waals surface area contributed by atoms with E-state index in [0.29, 0.717) is 24.6 Å². The lowest BCUT2D eigenvalue weighted by molar-refractivity contribution is 0.595. The summed E-state index contributed by atoms with van der Waals surface area (Å²) in [6, 6.07) is 1.57. The SMILES string of the molecule is Nc1cc(NCC2CCS(=O)(=O)C2)nc(N)n1. The molecule has 0 aromatic carbocycles. The van der Waals surface area contributed by atoms with Gasteiger partial charge in [0.25, 0.3) is 0 Å². The van der Waals surface area contributed by atoms with Crippen LogP contribution in [-0.2, 0) is 9.84 Å². The van der Waals surface area contributed by atoms with E-state index in [9.17, 15) is 8.42 Å². The predicted molar refractivity (Wildman–Crippen MR) is 66.1 cm³/mol. The lowest BCUT2D eigenvalue weighted by Crippen LogP contribution is -2.17. The minimum Gasteiger partial charge on any atom is -0.383 e. The fraction of sp³-hybridized carbons (Fsp3) is 0.556. The van der Waals surface area contributed by atoms with E-state index in [1.165, 1.54) is 0 Å². The highest BCUT2D eigenvalue weighted by atomic mass is 32.2. The van der Waals surface area contributed by atoms with Gasteiger partial charge in [-0.15, -0.1) is 0 Å². The molecule has 1 fully saturated rings. The van der Waals surface area contributed by atoms with E-state index in [0.717, 1.165) is 0 Å². The molecule has 17 heavy (non-hydrogen) atoms.